The van der Waals surface area contributed by atoms with Gasteiger partial charge in [-0.15, -0.1) is 0 Å². The van der Waals surface area contributed by atoms with Gasteiger partial charge in [-0.1, -0.05) is 10.3 Å². The molecule has 0 amide bonds. The highest BCUT2D eigenvalue weighted by Crippen LogP contribution is 1.95. The molecule has 0 aliphatic heterocycles. The Bertz CT molecular complexity index is 125. The number of rotatable bonds is 1. The minimum Gasteiger partial charge on any atom is -0.472 e. The molecule has 0 aliphatic carbocycles. The monoisotopic (exact) mass is 98.0 g/mol. The third kappa shape index (κ3) is 0.677. The molecule has 0 fully saturated rings. The first-order valence-corrected chi connectivity index (χ1v) is 1.72. The third-order valence-corrected chi connectivity index (χ3v) is 0.542. The van der Waals surface area contributed by atoms with Crippen LogP contribution >= 0.6 is 0 Å². The maximum atomic E-state index is 4.40. The molecule has 0 aliphatic rings. The van der Waals surface area contributed by atoms with Crippen molar-refractivity contribution in [2.45, 2.75) is 0 Å². The van der Waals surface area contributed by atoms with Crippen molar-refractivity contribution in [2.24, 2.45) is 0 Å². The van der Waals surface area contributed by atoms with Gasteiger partial charge >= 0.3 is 0 Å². The van der Waals surface area contributed by atoms with Crippen molar-refractivity contribution < 1.29 is 4.74 Å². The lowest BCUT2D eigenvalue weighted by Crippen LogP contribution is -1.76. The van der Waals surface area contributed by atoms with E-state index in [1.54, 1.807) is 0 Å². The van der Waals surface area contributed by atoms with E-state index in [9.17, 15) is 0 Å². The van der Waals surface area contributed by atoms with Crippen molar-refractivity contribution >= 4 is 0 Å². The minimum atomic E-state index is 0.403. The molecule has 0 saturated heterocycles. The zero-order valence-electron chi connectivity index (χ0n) is 3.59. The molecule has 1 rings (SSSR count). The third-order valence-electron chi connectivity index (χ3n) is 0.542. The van der Waals surface area contributed by atoms with Crippen LogP contribution < -0.4 is 4.74 Å². The number of nitrogens with one attached hydrogen (secondary N) is 1. The predicted molar refractivity (Wildman–Crippen MR) is 22.4 cm³/mol. The van der Waals surface area contributed by atoms with Crippen LogP contribution in [0.4, 0.5) is 0 Å². The van der Waals surface area contributed by atoms with Crippen LogP contribution in [-0.4, -0.2) is 15.4 Å². The van der Waals surface area contributed by atoms with E-state index in [4.69, 9.17) is 0 Å². The van der Waals surface area contributed by atoms with E-state index in [2.05, 4.69) is 27.3 Å². The van der Waals surface area contributed by atoms with E-state index >= 15 is 0 Å². The average Bonchev–Trinajstić information content (AvgIpc) is 2.14. The van der Waals surface area contributed by atoms with Gasteiger partial charge in [-0.25, -0.2) is 0 Å². The van der Waals surface area contributed by atoms with Crippen LogP contribution in [0.3, 0.4) is 0 Å². The fraction of sp³-hybridized carbons (Fsp3) is 0. The Kier molecular flexibility index (Phi) is 0.934. The fourth-order valence-corrected chi connectivity index (χ4v) is 0.262. The van der Waals surface area contributed by atoms with Gasteiger partial charge in [0.1, 0.15) is 7.11 Å². The highest BCUT2D eigenvalue weighted by Gasteiger charge is 1.86. The van der Waals surface area contributed by atoms with E-state index in [-0.39, 0.29) is 0 Å². The van der Waals surface area contributed by atoms with E-state index in [0.29, 0.717) is 5.88 Å². The molecule has 0 saturated carbocycles. The molecule has 1 aromatic heterocycles. The molecule has 1 aromatic rings. The summed E-state index contributed by atoms with van der Waals surface area (Å²) in [5, 5.41) is 9.25. The van der Waals surface area contributed by atoms with Crippen LogP contribution in [0.15, 0.2) is 6.20 Å². The first-order chi connectivity index (χ1) is 3.43. The summed E-state index contributed by atoms with van der Waals surface area (Å²) in [7, 11) is 3.11. The molecule has 4 nitrogen and oxygen atoms in total. The lowest BCUT2D eigenvalue weighted by atomic mass is 10.9. The Labute approximate surface area is 40.5 Å². The van der Waals surface area contributed by atoms with Crippen molar-refractivity contribution in [3.63, 3.8) is 0 Å². The van der Waals surface area contributed by atoms with Crippen LogP contribution in [-0.2, 0) is 0 Å². The van der Waals surface area contributed by atoms with E-state index in [0.717, 1.165) is 0 Å². The maximum Gasteiger partial charge on any atom is 0.253 e. The van der Waals surface area contributed by atoms with Crippen molar-refractivity contribution in [1.29, 1.82) is 0 Å². The second kappa shape index (κ2) is 1.59. The van der Waals surface area contributed by atoms with Crippen LogP contribution in [0, 0.1) is 7.11 Å². The van der Waals surface area contributed by atoms with Gasteiger partial charge in [0.25, 0.3) is 5.88 Å². The summed E-state index contributed by atoms with van der Waals surface area (Å²) in [4.78, 5) is 0. The van der Waals surface area contributed by atoms with Crippen molar-refractivity contribution in [3.8, 4) is 5.88 Å². The van der Waals surface area contributed by atoms with Crippen LogP contribution in [0.1, 0.15) is 0 Å². The second-order valence-corrected chi connectivity index (χ2v) is 0.956. The summed E-state index contributed by atoms with van der Waals surface area (Å²) in [6, 6.07) is 0. The van der Waals surface area contributed by atoms with Gasteiger partial charge < -0.3 is 4.74 Å². The predicted octanol–water partition coefficient (Wildman–Crippen LogP) is -0.0249. The molecule has 0 spiro atoms. The summed E-state index contributed by atoms with van der Waals surface area (Å²) in [5.74, 6) is 0.403. The molecule has 1 heterocycles. The van der Waals surface area contributed by atoms with Crippen LogP contribution in [0.5, 0.6) is 5.88 Å². The van der Waals surface area contributed by atoms with Crippen LogP contribution in [0.2, 0.25) is 0 Å². The van der Waals surface area contributed by atoms with Crippen molar-refractivity contribution in [2.75, 3.05) is 0 Å². The summed E-state index contributed by atoms with van der Waals surface area (Å²) in [6.07, 6.45) is 1.51. The normalized spacial score (nSPS) is 8.71. The fourth-order valence-electron chi connectivity index (χ4n) is 0.262. The topological polar surface area (TPSA) is 50.8 Å². The molecular formula is C3H4N3O. The van der Waals surface area contributed by atoms with Gasteiger partial charge in [0.15, 0.2) is 0 Å². The molecule has 37 valence electrons. The molecule has 1 N–H and O–H groups in total. The first kappa shape index (κ1) is 4.11. The summed E-state index contributed by atoms with van der Waals surface area (Å²) in [6.45, 7) is 0. The number of H-pyrrole nitrogens is 1. The smallest absolute Gasteiger partial charge is 0.253 e. The molecule has 1 radical (unpaired) electrons. The Hall–Kier alpha value is -1.06. The zero-order valence-corrected chi connectivity index (χ0v) is 3.59. The Morgan fingerprint density at radius 1 is 1.86 bits per heavy atom. The zero-order chi connectivity index (χ0) is 5.11. The van der Waals surface area contributed by atoms with Gasteiger partial charge in [0, 0.05) is 0 Å². The summed E-state index contributed by atoms with van der Waals surface area (Å²) in [5.41, 5.74) is 0. The Morgan fingerprint density at radius 3 is 3.00 bits per heavy atom. The standard InChI is InChI=1S/C3H4N3O/c1-7-3-2-4-6-5-3/h2H,1H2,(H,4,5,6). The lowest BCUT2D eigenvalue weighted by molar-refractivity contribution is 0.452. The van der Waals surface area contributed by atoms with E-state index in [1.165, 1.54) is 6.20 Å². The maximum absolute atomic E-state index is 4.40. The average molecular weight is 98.1 g/mol. The van der Waals surface area contributed by atoms with Gasteiger partial charge in [-0.2, -0.15) is 0 Å². The van der Waals surface area contributed by atoms with Gasteiger partial charge in [-0.05, 0) is 0 Å². The Morgan fingerprint density at radius 2 is 2.71 bits per heavy atom. The van der Waals surface area contributed by atoms with Gasteiger partial charge in [-0.3, -0.25) is 5.10 Å². The second-order valence-electron chi connectivity index (χ2n) is 0.956. The highest BCUT2D eigenvalue weighted by molar-refractivity contribution is 4.96. The molecule has 0 bridgehead atoms. The Balaban J connectivity index is 2.76. The molecular weight excluding hydrogens is 94.1 g/mol. The van der Waals surface area contributed by atoms with E-state index < -0.39 is 0 Å². The van der Waals surface area contributed by atoms with Crippen LogP contribution in [0.25, 0.3) is 0 Å². The summed E-state index contributed by atoms with van der Waals surface area (Å²) >= 11 is 0. The molecule has 7 heavy (non-hydrogen) atoms. The summed E-state index contributed by atoms with van der Waals surface area (Å²) < 4.78 is 4.40. The number of hydrogen-bond donors (Lipinski definition) is 1. The quantitative estimate of drug-likeness (QED) is 0.536. The molecule has 0 aromatic carbocycles. The largest absolute Gasteiger partial charge is 0.472 e. The number of nitrogens with zero attached hydrogens (tertiary/aromatic N) is 2. The van der Waals surface area contributed by atoms with Gasteiger partial charge in [0.2, 0.25) is 0 Å². The number of ether oxygens (including phenoxy) is 1. The van der Waals surface area contributed by atoms with E-state index in [1.807, 2.05) is 0 Å². The highest BCUT2D eigenvalue weighted by atomic mass is 16.5. The lowest BCUT2D eigenvalue weighted by Gasteiger charge is -1.82. The number of aromatic nitrogens is 3. The number of aromatic amines is 1. The van der Waals surface area contributed by atoms with Crippen molar-refractivity contribution in [3.05, 3.63) is 13.3 Å². The number of hydrogen-bond acceptors (Lipinski definition) is 3. The first-order valence-electron chi connectivity index (χ1n) is 1.72. The minimum absolute atomic E-state index is 0.403. The molecule has 0 unspecified atom stereocenters. The van der Waals surface area contributed by atoms with Crippen molar-refractivity contribution in [1.82, 2.24) is 15.4 Å². The SMILES string of the molecule is [CH2]Oc1c[nH]nn1. The van der Waals surface area contributed by atoms with Gasteiger partial charge in [0.05, 0.1) is 6.20 Å². The molecule has 0 atom stereocenters. The molecule has 4 heteroatoms.